The molecular formula is C18H16FN3OS. The number of halogens is 1. The van der Waals surface area contributed by atoms with Crippen LogP contribution in [0.4, 0.5) is 15.2 Å². The van der Waals surface area contributed by atoms with Crippen LogP contribution >= 0.6 is 11.3 Å². The number of amides is 1. The smallest absolute Gasteiger partial charge is 0.245 e. The third-order valence-electron chi connectivity index (χ3n) is 3.32. The van der Waals surface area contributed by atoms with E-state index in [1.165, 1.54) is 23.5 Å². The van der Waals surface area contributed by atoms with Crippen LogP contribution < -0.4 is 10.6 Å². The van der Waals surface area contributed by atoms with Crippen LogP contribution in [0.5, 0.6) is 0 Å². The number of hydrogen-bond donors (Lipinski definition) is 2. The average Bonchev–Trinajstić information content (AvgIpc) is 3.03. The van der Waals surface area contributed by atoms with Gasteiger partial charge in [0.15, 0.2) is 5.13 Å². The van der Waals surface area contributed by atoms with Gasteiger partial charge in [-0.1, -0.05) is 30.3 Å². The number of thiazole rings is 1. The van der Waals surface area contributed by atoms with Gasteiger partial charge in [0.05, 0.1) is 6.54 Å². The highest BCUT2D eigenvalue weighted by atomic mass is 32.1. The summed E-state index contributed by atoms with van der Waals surface area (Å²) in [4.78, 5) is 17.2. The number of nitrogens with zero attached hydrogens (tertiary/aromatic N) is 1. The molecule has 122 valence electrons. The molecule has 6 heteroatoms. The minimum atomic E-state index is -0.248. The zero-order chi connectivity index (χ0) is 16.8. The Morgan fingerprint density at radius 3 is 2.58 bits per heavy atom. The van der Waals surface area contributed by atoms with E-state index in [9.17, 15) is 9.18 Å². The van der Waals surface area contributed by atoms with Crippen molar-refractivity contribution in [2.75, 3.05) is 17.2 Å². The van der Waals surface area contributed by atoms with Gasteiger partial charge in [0, 0.05) is 23.2 Å². The van der Waals surface area contributed by atoms with Gasteiger partial charge in [0.2, 0.25) is 5.91 Å². The SMILES string of the molecule is O=C(CNc1ccccc1)Nc1ncc(Cc2ccc(F)cc2)s1. The molecule has 0 aliphatic rings. The largest absolute Gasteiger partial charge is 0.376 e. The standard InChI is InChI=1S/C18H16FN3OS/c19-14-8-6-13(7-9-14)10-16-11-21-18(24-16)22-17(23)12-20-15-4-2-1-3-5-15/h1-9,11,20H,10,12H2,(H,21,22,23). The van der Waals surface area contributed by atoms with Crippen LogP contribution in [0.25, 0.3) is 0 Å². The zero-order valence-electron chi connectivity index (χ0n) is 12.8. The second-order valence-corrected chi connectivity index (χ2v) is 6.32. The van der Waals surface area contributed by atoms with Gasteiger partial charge in [0.1, 0.15) is 5.82 Å². The molecule has 0 spiro atoms. The van der Waals surface area contributed by atoms with Gasteiger partial charge in [-0.25, -0.2) is 9.37 Å². The number of para-hydroxylation sites is 1. The van der Waals surface area contributed by atoms with E-state index in [0.717, 1.165) is 16.1 Å². The second kappa shape index (κ2) is 7.70. The first-order valence-electron chi connectivity index (χ1n) is 7.47. The van der Waals surface area contributed by atoms with E-state index in [1.807, 2.05) is 30.3 Å². The Morgan fingerprint density at radius 1 is 1.08 bits per heavy atom. The lowest BCUT2D eigenvalue weighted by Crippen LogP contribution is -2.21. The maximum atomic E-state index is 12.9. The molecule has 0 saturated carbocycles. The molecule has 24 heavy (non-hydrogen) atoms. The molecule has 0 bridgehead atoms. The molecule has 0 saturated heterocycles. The van der Waals surface area contributed by atoms with Gasteiger partial charge in [-0.2, -0.15) is 0 Å². The molecule has 0 aliphatic heterocycles. The number of anilines is 2. The van der Waals surface area contributed by atoms with Gasteiger partial charge in [0.25, 0.3) is 0 Å². The van der Waals surface area contributed by atoms with Crippen LogP contribution in [0.15, 0.2) is 60.8 Å². The van der Waals surface area contributed by atoms with E-state index >= 15 is 0 Å². The van der Waals surface area contributed by atoms with Crippen molar-refractivity contribution in [3.63, 3.8) is 0 Å². The molecule has 0 radical (unpaired) electrons. The highest BCUT2D eigenvalue weighted by Crippen LogP contribution is 2.21. The number of aromatic nitrogens is 1. The van der Waals surface area contributed by atoms with Gasteiger partial charge in [-0.15, -0.1) is 11.3 Å². The third kappa shape index (κ3) is 4.63. The summed E-state index contributed by atoms with van der Waals surface area (Å²) in [5.41, 5.74) is 1.90. The van der Waals surface area contributed by atoms with Crippen molar-refractivity contribution in [2.24, 2.45) is 0 Å². The monoisotopic (exact) mass is 341 g/mol. The van der Waals surface area contributed by atoms with Gasteiger partial charge in [-0.3, -0.25) is 4.79 Å². The topological polar surface area (TPSA) is 54.0 Å². The Hall–Kier alpha value is -2.73. The summed E-state index contributed by atoms with van der Waals surface area (Å²) in [6.45, 7) is 0.177. The van der Waals surface area contributed by atoms with Crippen LogP contribution in [0, 0.1) is 5.82 Å². The van der Waals surface area contributed by atoms with Crippen LogP contribution in [-0.4, -0.2) is 17.4 Å². The summed E-state index contributed by atoms with van der Waals surface area (Å²) >= 11 is 1.42. The fourth-order valence-corrected chi connectivity index (χ4v) is 3.02. The predicted molar refractivity (Wildman–Crippen MR) is 94.9 cm³/mol. The normalized spacial score (nSPS) is 10.4. The Morgan fingerprint density at radius 2 is 1.83 bits per heavy atom. The summed E-state index contributed by atoms with van der Waals surface area (Å²) in [7, 11) is 0. The lowest BCUT2D eigenvalue weighted by atomic mass is 10.1. The molecule has 2 aromatic carbocycles. The van der Waals surface area contributed by atoms with E-state index in [2.05, 4.69) is 15.6 Å². The van der Waals surface area contributed by atoms with Gasteiger partial charge >= 0.3 is 0 Å². The minimum absolute atomic E-state index is 0.151. The van der Waals surface area contributed by atoms with E-state index in [0.29, 0.717) is 11.6 Å². The number of carbonyl (C=O) groups excluding carboxylic acids is 1. The molecule has 1 aromatic heterocycles. The fourth-order valence-electron chi connectivity index (χ4n) is 2.15. The predicted octanol–water partition coefficient (Wildman–Crippen LogP) is 3.92. The number of carbonyl (C=O) groups is 1. The summed E-state index contributed by atoms with van der Waals surface area (Å²) < 4.78 is 12.9. The van der Waals surface area contributed by atoms with E-state index in [1.54, 1.807) is 18.3 Å². The minimum Gasteiger partial charge on any atom is -0.376 e. The lowest BCUT2D eigenvalue weighted by molar-refractivity contribution is -0.114. The van der Waals surface area contributed by atoms with Crippen molar-refractivity contribution in [1.82, 2.24) is 4.98 Å². The maximum absolute atomic E-state index is 12.9. The van der Waals surface area contributed by atoms with E-state index in [-0.39, 0.29) is 18.3 Å². The molecular weight excluding hydrogens is 325 g/mol. The van der Waals surface area contributed by atoms with Gasteiger partial charge in [-0.05, 0) is 29.8 Å². The molecule has 1 amide bonds. The third-order valence-corrected chi connectivity index (χ3v) is 4.23. The first-order chi connectivity index (χ1) is 11.7. The van der Waals surface area contributed by atoms with Crippen molar-refractivity contribution in [3.05, 3.63) is 77.1 Å². The van der Waals surface area contributed by atoms with E-state index < -0.39 is 0 Å². The maximum Gasteiger partial charge on any atom is 0.245 e. The van der Waals surface area contributed by atoms with Crippen molar-refractivity contribution in [1.29, 1.82) is 0 Å². The summed E-state index contributed by atoms with van der Waals surface area (Å²) in [6, 6.07) is 15.9. The summed E-state index contributed by atoms with van der Waals surface area (Å²) in [5.74, 6) is -0.400. The highest BCUT2D eigenvalue weighted by Gasteiger charge is 2.07. The van der Waals surface area contributed by atoms with Crippen molar-refractivity contribution in [2.45, 2.75) is 6.42 Å². The molecule has 0 fully saturated rings. The van der Waals surface area contributed by atoms with Crippen LogP contribution in [0.3, 0.4) is 0 Å². The molecule has 3 aromatic rings. The molecule has 3 rings (SSSR count). The summed E-state index contributed by atoms with van der Waals surface area (Å²) in [5, 5.41) is 6.38. The van der Waals surface area contributed by atoms with Crippen LogP contribution in [0.2, 0.25) is 0 Å². The quantitative estimate of drug-likeness (QED) is 0.714. The Balaban J connectivity index is 1.51. The first-order valence-corrected chi connectivity index (χ1v) is 8.28. The second-order valence-electron chi connectivity index (χ2n) is 5.20. The van der Waals surface area contributed by atoms with Crippen molar-refractivity contribution in [3.8, 4) is 0 Å². The molecule has 0 unspecified atom stereocenters. The number of benzene rings is 2. The first kappa shape index (κ1) is 16.1. The fraction of sp³-hybridized carbons (Fsp3) is 0.111. The van der Waals surface area contributed by atoms with Crippen LogP contribution in [0.1, 0.15) is 10.4 Å². The number of nitrogens with one attached hydrogen (secondary N) is 2. The van der Waals surface area contributed by atoms with Crippen molar-refractivity contribution >= 4 is 28.1 Å². The molecule has 0 atom stereocenters. The highest BCUT2D eigenvalue weighted by molar-refractivity contribution is 7.15. The Labute approximate surface area is 143 Å². The van der Waals surface area contributed by atoms with E-state index in [4.69, 9.17) is 0 Å². The zero-order valence-corrected chi connectivity index (χ0v) is 13.6. The molecule has 1 heterocycles. The van der Waals surface area contributed by atoms with Crippen molar-refractivity contribution < 1.29 is 9.18 Å². The van der Waals surface area contributed by atoms with Crippen LogP contribution in [-0.2, 0) is 11.2 Å². The number of hydrogen-bond acceptors (Lipinski definition) is 4. The molecule has 4 nitrogen and oxygen atoms in total. The Bertz CT molecular complexity index is 803. The lowest BCUT2D eigenvalue weighted by Gasteiger charge is -2.05. The van der Waals surface area contributed by atoms with Gasteiger partial charge < -0.3 is 10.6 Å². The summed E-state index contributed by atoms with van der Waals surface area (Å²) in [6.07, 6.45) is 2.39. The molecule has 0 aliphatic carbocycles. The molecule has 2 N–H and O–H groups in total. The average molecular weight is 341 g/mol. The number of rotatable bonds is 6. The Kier molecular flexibility index (Phi) is 5.18.